The Hall–Kier alpha value is -1.03. The molecule has 2 atom stereocenters. The molecule has 1 aliphatic rings. The number of rotatable bonds is 2. The minimum atomic E-state index is -0.438. The molecule has 0 heterocycles. The zero-order valence-electron chi connectivity index (χ0n) is 10.9. The van der Waals surface area contributed by atoms with Gasteiger partial charge in [0.1, 0.15) is 5.60 Å². The van der Waals surface area contributed by atoms with E-state index in [-0.39, 0.29) is 12.1 Å². The van der Waals surface area contributed by atoms with Crippen LogP contribution in [0.25, 0.3) is 0 Å². The third-order valence-electron chi connectivity index (χ3n) is 2.79. The van der Waals surface area contributed by atoms with Crippen molar-refractivity contribution in [2.45, 2.75) is 44.8 Å². The normalized spacial score (nSPS) is 22.4. The van der Waals surface area contributed by atoms with Crippen LogP contribution in [0.1, 0.15) is 38.7 Å². The third-order valence-corrected chi connectivity index (χ3v) is 3.32. The van der Waals surface area contributed by atoms with Gasteiger partial charge < -0.3 is 10.1 Å². The molecule has 1 aliphatic carbocycles. The topological polar surface area (TPSA) is 38.3 Å². The molecular formula is C14H18BrNO2. The van der Waals surface area contributed by atoms with Crippen molar-refractivity contribution in [1.29, 1.82) is 0 Å². The molecular weight excluding hydrogens is 294 g/mol. The van der Waals surface area contributed by atoms with Crippen molar-refractivity contribution in [2.24, 2.45) is 0 Å². The first kappa shape index (κ1) is 13.4. The number of ether oxygens (including phenoxy) is 1. The van der Waals surface area contributed by atoms with Crippen molar-refractivity contribution in [2.75, 3.05) is 0 Å². The van der Waals surface area contributed by atoms with Gasteiger partial charge in [0.15, 0.2) is 0 Å². The van der Waals surface area contributed by atoms with Crippen LogP contribution in [-0.2, 0) is 4.74 Å². The van der Waals surface area contributed by atoms with Crippen molar-refractivity contribution in [3.63, 3.8) is 0 Å². The maximum absolute atomic E-state index is 11.6. The Labute approximate surface area is 116 Å². The highest BCUT2D eigenvalue weighted by atomic mass is 79.9. The number of benzene rings is 1. The fourth-order valence-electron chi connectivity index (χ4n) is 1.89. The van der Waals surface area contributed by atoms with Crippen LogP contribution in [0.4, 0.5) is 4.79 Å². The Bertz CT molecular complexity index is 436. The molecule has 1 saturated carbocycles. The molecule has 0 bridgehead atoms. The Balaban J connectivity index is 1.85. The van der Waals surface area contributed by atoms with Crippen LogP contribution >= 0.6 is 15.9 Å². The summed E-state index contributed by atoms with van der Waals surface area (Å²) in [5.41, 5.74) is 0.825. The van der Waals surface area contributed by atoms with E-state index in [0.717, 1.165) is 10.9 Å². The van der Waals surface area contributed by atoms with Gasteiger partial charge in [0.25, 0.3) is 0 Å². The summed E-state index contributed by atoms with van der Waals surface area (Å²) < 4.78 is 6.31. The van der Waals surface area contributed by atoms with Gasteiger partial charge in [-0.05, 0) is 44.9 Å². The van der Waals surface area contributed by atoms with E-state index in [9.17, 15) is 4.79 Å². The minimum Gasteiger partial charge on any atom is -0.444 e. The monoisotopic (exact) mass is 311 g/mol. The van der Waals surface area contributed by atoms with Gasteiger partial charge in [0.2, 0.25) is 0 Å². The van der Waals surface area contributed by atoms with Crippen LogP contribution in [0.15, 0.2) is 28.7 Å². The first-order chi connectivity index (χ1) is 8.35. The summed E-state index contributed by atoms with van der Waals surface area (Å²) >= 11 is 3.41. The van der Waals surface area contributed by atoms with E-state index >= 15 is 0 Å². The van der Waals surface area contributed by atoms with Crippen molar-refractivity contribution in [3.05, 3.63) is 34.3 Å². The number of amides is 1. The van der Waals surface area contributed by atoms with Gasteiger partial charge in [-0.25, -0.2) is 4.79 Å². The van der Waals surface area contributed by atoms with Gasteiger partial charge in [-0.1, -0.05) is 28.1 Å². The summed E-state index contributed by atoms with van der Waals surface area (Å²) in [7, 11) is 0. The number of nitrogens with one attached hydrogen (secondary N) is 1. The maximum Gasteiger partial charge on any atom is 0.407 e. The smallest absolute Gasteiger partial charge is 0.407 e. The first-order valence-electron chi connectivity index (χ1n) is 6.10. The Morgan fingerprint density at radius 3 is 2.50 bits per heavy atom. The molecule has 1 unspecified atom stereocenters. The summed E-state index contributed by atoms with van der Waals surface area (Å²) in [6, 6.07) is 8.44. The van der Waals surface area contributed by atoms with E-state index < -0.39 is 5.60 Å². The maximum atomic E-state index is 11.6. The third kappa shape index (κ3) is 3.73. The van der Waals surface area contributed by atoms with Crippen molar-refractivity contribution < 1.29 is 9.53 Å². The number of hydrogen-bond acceptors (Lipinski definition) is 2. The van der Waals surface area contributed by atoms with Crippen molar-refractivity contribution in [3.8, 4) is 0 Å². The van der Waals surface area contributed by atoms with E-state index in [1.54, 1.807) is 0 Å². The molecule has 98 valence electrons. The molecule has 1 aromatic rings. The van der Waals surface area contributed by atoms with Crippen molar-refractivity contribution >= 4 is 22.0 Å². The SMILES string of the molecule is CC(C)(C)OC(=O)N[C@H]1CC1c1ccc(Br)cc1. The standard InChI is InChI=1S/C14H18BrNO2/c1-14(2,3)18-13(17)16-12-8-11(12)9-4-6-10(15)7-5-9/h4-7,11-12H,8H2,1-3H3,(H,16,17)/t11?,12-/m0/s1. The van der Waals surface area contributed by atoms with Crippen molar-refractivity contribution in [1.82, 2.24) is 5.32 Å². The lowest BCUT2D eigenvalue weighted by Crippen LogP contribution is -2.34. The molecule has 0 saturated heterocycles. The second-order valence-electron chi connectivity index (χ2n) is 5.65. The number of carbonyl (C=O) groups excluding carboxylic acids is 1. The van der Waals surface area contributed by atoms with Crippen LogP contribution in [-0.4, -0.2) is 17.7 Å². The summed E-state index contributed by atoms with van der Waals surface area (Å²) in [6.45, 7) is 5.60. The van der Waals surface area contributed by atoms with Crippen LogP contribution in [0, 0.1) is 0 Å². The molecule has 0 spiro atoms. The zero-order valence-corrected chi connectivity index (χ0v) is 12.5. The molecule has 0 aromatic heterocycles. The van der Waals surface area contributed by atoms with Gasteiger partial charge in [0.05, 0.1) is 0 Å². The quantitative estimate of drug-likeness (QED) is 0.901. The van der Waals surface area contributed by atoms with Gasteiger partial charge in [0, 0.05) is 16.4 Å². The van der Waals surface area contributed by atoms with E-state index in [1.807, 2.05) is 32.9 Å². The van der Waals surface area contributed by atoms with E-state index in [2.05, 4.69) is 33.4 Å². The molecule has 18 heavy (non-hydrogen) atoms. The number of carbonyl (C=O) groups is 1. The fourth-order valence-corrected chi connectivity index (χ4v) is 2.16. The Morgan fingerprint density at radius 2 is 1.94 bits per heavy atom. The molecule has 2 rings (SSSR count). The molecule has 0 radical (unpaired) electrons. The average molecular weight is 312 g/mol. The molecule has 1 fully saturated rings. The van der Waals surface area contributed by atoms with E-state index in [0.29, 0.717) is 5.92 Å². The van der Waals surface area contributed by atoms with Crippen LogP contribution in [0.3, 0.4) is 0 Å². The predicted octanol–water partition coefficient (Wildman–Crippen LogP) is 3.83. The van der Waals surface area contributed by atoms with Gasteiger partial charge in [-0.15, -0.1) is 0 Å². The number of hydrogen-bond donors (Lipinski definition) is 1. The largest absolute Gasteiger partial charge is 0.444 e. The Kier molecular flexibility index (Phi) is 3.66. The van der Waals surface area contributed by atoms with Crippen LogP contribution in [0.5, 0.6) is 0 Å². The average Bonchev–Trinajstić information content (AvgIpc) is 2.95. The lowest BCUT2D eigenvalue weighted by molar-refractivity contribution is 0.0523. The molecule has 1 N–H and O–H groups in total. The molecule has 4 heteroatoms. The van der Waals surface area contributed by atoms with Gasteiger partial charge in [-0.3, -0.25) is 0 Å². The highest BCUT2D eigenvalue weighted by Gasteiger charge is 2.40. The van der Waals surface area contributed by atoms with Gasteiger partial charge in [-0.2, -0.15) is 0 Å². The summed E-state index contributed by atoms with van der Waals surface area (Å²) in [6.07, 6.45) is 0.660. The van der Waals surface area contributed by atoms with Gasteiger partial charge >= 0.3 is 6.09 Å². The minimum absolute atomic E-state index is 0.209. The lowest BCUT2D eigenvalue weighted by Gasteiger charge is -2.19. The summed E-state index contributed by atoms with van der Waals surface area (Å²) in [5.74, 6) is 0.422. The van der Waals surface area contributed by atoms with E-state index in [1.165, 1.54) is 5.56 Å². The zero-order chi connectivity index (χ0) is 13.3. The predicted molar refractivity (Wildman–Crippen MR) is 74.7 cm³/mol. The van der Waals surface area contributed by atoms with Crippen LogP contribution < -0.4 is 5.32 Å². The van der Waals surface area contributed by atoms with E-state index in [4.69, 9.17) is 4.74 Å². The highest BCUT2D eigenvalue weighted by Crippen LogP contribution is 2.41. The molecule has 0 aliphatic heterocycles. The molecule has 1 amide bonds. The first-order valence-corrected chi connectivity index (χ1v) is 6.89. The summed E-state index contributed by atoms with van der Waals surface area (Å²) in [4.78, 5) is 11.6. The molecule has 1 aromatic carbocycles. The highest BCUT2D eigenvalue weighted by molar-refractivity contribution is 9.10. The van der Waals surface area contributed by atoms with Crippen LogP contribution in [0.2, 0.25) is 0 Å². The second-order valence-corrected chi connectivity index (χ2v) is 6.56. The molecule has 3 nitrogen and oxygen atoms in total. The lowest BCUT2D eigenvalue weighted by atomic mass is 10.1. The second kappa shape index (κ2) is 4.92. The summed E-state index contributed by atoms with van der Waals surface area (Å²) in [5, 5.41) is 2.90. The number of alkyl carbamates (subject to hydrolysis) is 1. The number of halogens is 1. The Morgan fingerprint density at radius 1 is 1.33 bits per heavy atom. The fraction of sp³-hybridized carbons (Fsp3) is 0.500.